The molecular weight excluding hydrogens is 195 g/mol. The SMILES string of the molecule is Cc1ccc(P(C)(=O)OC(C)C)cc1. The van der Waals surface area contributed by atoms with E-state index in [9.17, 15) is 4.57 Å². The van der Waals surface area contributed by atoms with Crippen molar-refractivity contribution in [2.75, 3.05) is 6.66 Å². The molecule has 0 aliphatic heterocycles. The third kappa shape index (κ3) is 2.97. The normalized spacial score (nSPS) is 15.5. The van der Waals surface area contributed by atoms with Crippen molar-refractivity contribution in [2.45, 2.75) is 26.9 Å². The van der Waals surface area contributed by atoms with E-state index in [0.717, 1.165) is 5.30 Å². The van der Waals surface area contributed by atoms with Gasteiger partial charge in [-0.15, -0.1) is 0 Å². The van der Waals surface area contributed by atoms with Gasteiger partial charge in [-0.3, -0.25) is 4.57 Å². The molecule has 0 radical (unpaired) electrons. The molecule has 0 N–H and O–H groups in total. The Kier molecular flexibility index (Phi) is 3.52. The topological polar surface area (TPSA) is 26.3 Å². The number of hydrogen-bond donors (Lipinski definition) is 0. The molecule has 0 saturated carbocycles. The minimum Gasteiger partial charge on any atom is -0.323 e. The lowest BCUT2D eigenvalue weighted by molar-refractivity contribution is 0.251. The van der Waals surface area contributed by atoms with Crippen LogP contribution in [-0.2, 0) is 9.09 Å². The monoisotopic (exact) mass is 212 g/mol. The maximum absolute atomic E-state index is 12.1. The molecule has 14 heavy (non-hydrogen) atoms. The van der Waals surface area contributed by atoms with Gasteiger partial charge >= 0.3 is 0 Å². The van der Waals surface area contributed by atoms with Crippen LogP contribution in [0.2, 0.25) is 0 Å². The van der Waals surface area contributed by atoms with Crippen molar-refractivity contribution >= 4 is 12.7 Å². The van der Waals surface area contributed by atoms with Crippen LogP contribution in [0.1, 0.15) is 19.4 Å². The minimum atomic E-state index is -2.62. The highest BCUT2D eigenvalue weighted by molar-refractivity contribution is 7.66. The number of rotatable bonds is 3. The smallest absolute Gasteiger partial charge is 0.229 e. The van der Waals surface area contributed by atoms with Crippen molar-refractivity contribution in [3.05, 3.63) is 29.8 Å². The largest absolute Gasteiger partial charge is 0.323 e. The fourth-order valence-corrected chi connectivity index (χ4v) is 2.90. The summed E-state index contributed by atoms with van der Waals surface area (Å²) in [7, 11) is -2.62. The molecule has 1 unspecified atom stereocenters. The van der Waals surface area contributed by atoms with Gasteiger partial charge in [-0.25, -0.2) is 0 Å². The van der Waals surface area contributed by atoms with E-state index in [2.05, 4.69) is 0 Å². The summed E-state index contributed by atoms with van der Waals surface area (Å²) in [4.78, 5) is 0. The number of hydrogen-bond acceptors (Lipinski definition) is 2. The first kappa shape index (κ1) is 11.5. The summed E-state index contributed by atoms with van der Waals surface area (Å²) in [6, 6.07) is 7.65. The van der Waals surface area contributed by atoms with Crippen molar-refractivity contribution in [3.8, 4) is 0 Å². The molecule has 0 aliphatic carbocycles. The van der Waals surface area contributed by atoms with Crippen LogP contribution in [0, 0.1) is 6.92 Å². The second-order valence-corrected chi connectivity index (χ2v) is 6.25. The van der Waals surface area contributed by atoms with E-state index in [1.54, 1.807) is 6.66 Å². The van der Waals surface area contributed by atoms with Crippen LogP contribution in [0.15, 0.2) is 24.3 Å². The Morgan fingerprint density at radius 2 is 1.71 bits per heavy atom. The molecule has 1 rings (SSSR count). The van der Waals surface area contributed by atoms with Gasteiger partial charge in [0.1, 0.15) is 0 Å². The summed E-state index contributed by atoms with van der Waals surface area (Å²) in [5.41, 5.74) is 1.17. The van der Waals surface area contributed by atoms with E-state index in [4.69, 9.17) is 4.52 Å². The average molecular weight is 212 g/mol. The first-order chi connectivity index (χ1) is 6.42. The third-order valence-corrected chi connectivity index (χ3v) is 3.98. The van der Waals surface area contributed by atoms with Crippen molar-refractivity contribution in [3.63, 3.8) is 0 Å². The quantitative estimate of drug-likeness (QED) is 0.720. The molecule has 0 fully saturated rings. The Labute approximate surface area is 85.7 Å². The van der Waals surface area contributed by atoms with Crippen LogP contribution in [0.25, 0.3) is 0 Å². The van der Waals surface area contributed by atoms with Gasteiger partial charge in [-0.2, -0.15) is 0 Å². The second kappa shape index (κ2) is 4.29. The molecule has 0 aromatic heterocycles. The fourth-order valence-electron chi connectivity index (χ4n) is 1.28. The third-order valence-electron chi connectivity index (χ3n) is 1.91. The molecule has 0 aliphatic rings. The fraction of sp³-hybridized carbons (Fsp3) is 0.455. The molecule has 0 spiro atoms. The standard InChI is InChI=1S/C11H17O2P/c1-9(2)13-14(4,12)11-7-5-10(3)6-8-11/h5-9H,1-4H3. The van der Waals surface area contributed by atoms with Crippen LogP contribution < -0.4 is 5.30 Å². The molecule has 2 nitrogen and oxygen atoms in total. The lowest BCUT2D eigenvalue weighted by atomic mass is 10.2. The van der Waals surface area contributed by atoms with E-state index >= 15 is 0 Å². The van der Waals surface area contributed by atoms with Crippen LogP contribution in [-0.4, -0.2) is 12.8 Å². The Bertz CT molecular complexity index is 341. The van der Waals surface area contributed by atoms with E-state index in [0.29, 0.717) is 0 Å². The summed E-state index contributed by atoms with van der Waals surface area (Å²) < 4.78 is 17.5. The molecule has 3 heteroatoms. The molecule has 0 saturated heterocycles. The summed E-state index contributed by atoms with van der Waals surface area (Å²) in [6.07, 6.45) is -0.00728. The van der Waals surface area contributed by atoms with Crippen molar-refractivity contribution < 1.29 is 9.09 Å². The Balaban J connectivity index is 2.92. The van der Waals surface area contributed by atoms with Crippen LogP contribution >= 0.6 is 7.37 Å². The summed E-state index contributed by atoms with van der Waals surface area (Å²) in [5.74, 6) is 0. The van der Waals surface area contributed by atoms with Gasteiger partial charge in [-0.1, -0.05) is 17.7 Å². The molecular formula is C11H17O2P. The van der Waals surface area contributed by atoms with Crippen molar-refractivity contribution in [2.24, 2.45) is 0 Å². The zero-order chi connectivity index (χ0) is 10.8. The van der Waals surface area contributed by atoms with Gasteiger partial charge in [0.05, 0.1) is 6.10 Å². The van der Waals surface area contributed by atoms with Crippen molar-refractivity contribution in [1.29, 1.82) is 0 Å². The molecule has 78 valence electrons. The van der Waals surface area contributed by atoms with E-state index in [1.165, 1.54) is 5.56 Å². The summed E-state index contributed by atoms with van der Waals surface area (Å²) in [5, 5.41) is 0.789. The lowest BCUT2D eigenvalue weighted by Crippen LogP contribution is -2.10. The van der Waals surface area contributed by atoms with E-state index in [1.807, 2.05) is 45.0 Å². The highest BCUT2D eigenvalue weighted by Gasteiger charge is 2.20. The van der Waals surface area contributed by atoms with Gasteiger partial charge in [0, 0.05) is 12.0 Å². The molecule has 0 heterocycles. The van der Waals surface area contributed by atoms with Gasteiger partial charge in [-0.05, 0) is 32.9 Å². The molecule has 1 aromatic carbocycles. The second-order valence-electron chi connectivity index (χ2n) is 3.84. The summed E-state index contributed by atoms with van der Waals surface area (Å²) in [6.45, 7) is 7.46. The zero-order valence-electron chi connectivity index (χ0n) is 9.15. The Morgan fingerprint density at radius 3 is 2.14 bits per heavy atom. The van der Waals surface area contributed by atoms with Crippen LogP contribution in [0.5, 0.6) is 0 Å². The zero-order valence-corrected chi connectivity index (χ0v) is 10.0. The average Bonchev–Trinajstić information content (AvgIpc) is 2.02. The lowest BCUT2D eigenvalue weighted by Gasteiger charge is -2.16. The molecule has 1 aromatic rings. The first-order valence-corrected chi connectivity index (χ1v) is 6.82. The minimum absolute atomic E-state index is 0.00728. The van der Waals surface area contributed by atoms with Crippen LogP contribution in [0.3, 0.4) is 0 Å². The van der Waals surface area contributed by atoms with Gasteiger partial charge < -0.3 is 4.52 Å². The van der Waals surface area contributed by atoms with Gasteiger partial charge in [0.25, 0.3) is 0 Å². The highest BCUT2D eigenvalue weighted by Crippen LogP contribution is 2.42. The first-order valence-electron chi connectivity index (χ1n) is 4.75. The predicted octanol–water partition coefficient (Wildman–Crippen LogP) is 2.95. The van der Waals surface area contributed by atoms with Crippen LogP contribution in [0.4, 0.5) is 0 Å². The van der Waals surface area contributed by atoms with Crippen molar-refractivity contribution in [1.82, 2.24) is 0 Å². The molecule has 0 bridgehead atoms. The molecule has 0 amide bonds. The number of aryl methyl sites for hydroxylation is 1. The van der Waals surface area contributed by atoms with E-state index < -0.39 is 7.37 Å². The number of benzene rings is 1. The molecule has 1 atom stereocenters. The maximum atomic E-state index is 12.1. The van der Waals surface area contributed by atoms with Gasteiger partial charge in [0.15, 0.2) is 0 Å². The predicted molar refractivity (Wildman–Crippen MR) is 60.6 cm³/mol. The van der Waals surface area contributed by atoms with E-state index in [-0.39, 0.29) is 6.10 Å². The Hall–Kier alpha value is -0.590. The van der Waals surface area contributed by atoms with Gasteiger partial charge in [0.2, 0.25) is 7.37 Å². The summed E-state index contributed by atoms with van der Waals surface area (Å²) >= 11 is 0. The maximum Gasteiger partial charge on any atom is 0.229 e. The Morgan fingerprint density at radius 1 is 1.21 bits per heavy atom. The highest BCUT2D eigenvalue weighted by atomic mass is 31.2.